The first kappa shape index (κ1) is 11.8. The van der Waals surface area contributed by atoms with Crippen molar-refractivity contribution in [3.05, 3.63) is 24.3 Å². The van der Waals surface area contributed by atoms with Crippen molar-refractivity contribution in [2.45, 2.75) is 12.6 Å². The number of halogens is 3. The zero-order valence-corrected chi connectivity index (χ0v) is 8.92. The molecule has 0 atom stereocenters. The van der Waals surface area contributed by atoms with Gasteiger partial charge in [-0.1, -0.05) is 12.1 Å². The van der Waals surface area contributed by atoms with E-state index < -0.39 is 12.1 Å². The number of carbonyl (C=O) groups excluding carboxylic acids is 1. The summed E-state index contributed by atoms with van der Waals surface area (Å²) in [4.78, 5) is 12.1. The minimum atomic E-state index is -4.84. The molecule has 1 aliphatic heterocycles. The first-order chi connectivity index (χ1) is 8.00. The van der Waals surface area contributed by atoms with E-state index in [1.807, 2.05) is 0 Å². The lowest BCUT2D eigenvalue weighted by atomic mass is 10.2. The first-order valence-corrected chi connectivity index (χ1v) is 5.22. The van der Waals surface area contributed by atoms with Crippen LogP contribution in [0.4, 0.5) is 24.5 Å². The van der Waals surface area contributed by atoms with Crippen molar-refractivity contribution in [2.75, 3.05) is 23.3 Å². The monoisotopic (exact) mass is 244 g/mol. The van der Waals surface area contributed by atoms with E-state index in [2.05, 4.69) is 5.32 Å². The first-order valence-electron chi connectivity index (χ1n) is 5.22. The summed E-state index contributed by atoms with van der Waals surface area (Å²) in [6.07, 6.45) is -4.35. The second-order valence-electron chi connectivity index (χ2n) is 3.75. The van der Waals surface area contributed by atoms with Crippen LogP contribution in [0, 0.1) is 0 Å². The maximum atomic E-state index is 12.4. The van der Waals surface area contributed by atoms with E-state index in [1.54, 1.807) is 18.2 Å². The molecule has 0 bridgehead atoms. The lowest BCUT2D eigenvalue weighted by molar-refractivity contribution is -0.170. The van der Waals surface area contributed by atoms with E-state index in [9.17, 15) is 18.0 Å². The fourth-order valence-electron chi connectivity index (χ4n) is 1.80. The summed E-state index contributed by atoms with van der Waals surface area (Å²) in [5, 5.41) is 3.00. The third-order valence-electron chi connectivity index (χ3n) is 2.56. The van der Waals surface area contributed by atoms with Crippen LogP contribution in [0.3, 0.4) is 0 Å². The minimum absolute atomic E-state index is 0.0718. The standard InChI is InChI=1S/C11H11F3N2O/c12-11(13,14)10(17)16-7-3-6-15-8-4-1-2-5-9(8)16/h1-2,4-5,15H,3,6-7H2. The van der Waals surface area contributed by atoms with Crippen molar-refractivity contribution in [3.63, 3.8) is 0 Å². The van der Waals surface area contributed by atoms with Crippen molar-refractivity contribution < 1.29 is 18.0 Å². The fraction of sp³-hybridized carbons (Fsp3) is 0.364. The molecule has 0 radical (unpaired) electrons. The Labute approximate surface area is 96.2 Å². The summed E-state index contributed by atoms with van der Waals surface area (Å²) < 4.78 is 37.3. The van der Waals surface area contributed by atoms with E-state index >= 15 is 0 Å². The van der Waals surface area contributed by atoms with Crippen LogP contribution in [-0.2, 0) is 4.79 Å². The van der Waals surface area contributed by atoms with Gasteiger partial charge in [0.1, 0.15) is 0 Å². The number of nitrogens with zero attached hydrogens (tertiary/aromatic N) is 1. The zero-order valence-electron chi connectivity index (χ0n) is 8.92. The van der Waals surface area contributed by atoms with E-state index in [1.165, 1.54) is 6.07 Å². The Balaban J connectivity index is 2.38. The van der Waals surface area contributed by atoms with Gasteiger partial charge < -0.3 is 10.2 Å². The van der Waals surface area contributed by atoms with Crippen molar-refractivity contribution in [3.8, 4) is 0 Å². The lowest BCUT2D eigenvalue weighted by Crippen LogP contribution is -2.41. The van der Waals surface area contributed by atoms with Gasteiger partial charge in [0.2, 0.25) is 0 Å². The highest BCUT2D eigenvalue weighted by Crippen LogP contribution is 2.31. The minimum Gasteiger partial charge on any atom is -0.383 e. The lowest BCUT2D eigenvalue weighted by Gasteiger charge is -2.23. The van der Waals surface area contributed by atoms with Crippen molar-refractivity contribution in [1.29, 1.82) is 0 Å². The van der Waals surface area contributed by atoms with Gasteiger partial charge in [-0.3, -0.25) is 4.79 Å². The summed E-state index contributed by atoms with van der Waals surface area (Å²) in [5.74, 6) is -1.81. The number of hydrogen-bond acceptors (Lipinski definition) is 2. The van der Waals surface area contributed by atoms with Gasteiger partial charge in [-0.05, 0) is 18.6 Å². The number of hydrogen-bond donors (Lipinski definition) is 1. The van der Waals surface area contributed by atoms with Crippen LogP contribution in [0.5, 0.6) is 0 Å². The van der Waals surface area contributed by atoms with Gasteiger partial charge in [0.15, 0.2) is 0 Å². The predicted octanol–water partition coefficient (Wildman–Crippen LogP) is 2.40. The molecule has 92 valence electrons. The van der Waals surface area contributed by atoms with Gasteiger partial charge in [0, 0.05) is 13.1 Å². The number of alkyl halides is 3. The molecule has 17 heavy (non-hydrogen) atoms. The topological polar surface area (TPSA) is 32.3 Å². The molecule has 1 aromatic carbocycles. The van der Waals surface area contributed by atoms with Crippen molar-refractivity contribution in [2.24, 2.45) is 0 Å². The Morgan fingerprint density at radius 2 is 2.00 bits per heavy atom. The average Bonchev–Trinajstić information content (AvgIpc) is 2.48. The van der Waals surface area contributed by atoms with Crippen LogP contribution >= 0.6 is 0 Å². The number of fused-ring (bicyclic) bond motifs is 1. The molecule has 6 heteroatoms. The highest BCUT2D eigenvalue weighted by molar-refractivity contribution is 6.00. The van der Waals surface area contributed by atoms with Gasteiger partial charge in [-0.15, -0.1) is 0 Å². The number of rotatable bonds is 0. The van der Waals surface area contributed by atoms with Crippen molar-refractivity contribution in [1.82, 2.24) is 0 Å². The van der Waals surface area contributed by atoms with E-state index in [0.29, 0.717) is 18.7 Å². The molecule has 0 unspecified atom stereocenters. The number of benzene rings is 1. The number of para-hydroxylation sites is 2. The largest absolute Gasteiger partial charge is 0.471 e. The second kappa shape index (κ2) is 4.27. The Bertz CT molecular complexity index is 431. The van der Waals surface area contributed by atoms with Crippen LogP contribution in [0.15, 0.2) is 24.3 Å². The fourth-order valence-corrected chi connectivity index (χ4v) is 1.80. The summed E-state index contributed by atoms with van der Waals surface area (Å²) in [6.45, 7) is 0.626. The smallest absolute Gasteiger partial charge is 0.383 e. The molecular weight excluding hydrogens is 233 g/mol. The van der Waals surface area contributed by atoms with Gasteiger partial charge in [-0.2, -0.15) is 13.2 Å². The van der Waals surface area contributed by atoms with Gasteiger partial charge >= 0.3 is 12.1 Å². The van der Waals surface area contributed by atoms with Gasteiger partial charge in [-0.25, -0.2) is 0 Å². The Morgan fingerprint density at radius 3 is 2.71 bits per heavy atom. The Hall–Kier alpha value is -1.72. The molecule has 1 aliphatic rings. The molecule has 1 N–H and O–H groups in total. The zero-order chi connectivity index (χ0) is 12.5. The summed E-state index contributed by atoms with van der Waals surface area (Å²) in [5.41, 5.74) is 0.843. The predicted molar refractivity (Wildman–Crippen MR) is 58.0 cm³/mol. The molecule has 0 saturated carbocycles. The highest BCUT2D eigenvalue weighted by atomic mass is 19.4. The Kier molecular flexibility index (Phi) is 2.95. The maximum absolute atomic E-state index is 12.4. The number of nitrogens with one attached hydrogen (secondary N) is 1. The molecule has 3 nitrogen and oxygen atoms in total. The van der Waals surface area contributed by atoms with E-state index in [-0.39, 0.29) is 12.2 Å². The maximum Gasteiger partial charge on any atom is 0.471 e. The van der Waals surface area contributed by atoms with Gasteiger partial charge in [0.25, 0.3) is 0 Å². The number of amides is 1. The molecule has 1 aromatic rings. The van der Waals surface area contributed by atoms with Gasteiger partial charge in [0.05, 0.1) is 11.4 Å². The summed E-state index contributed by atoms with van der Waals surface area (Å²) in [6, 6.07) is 6.50. The third-order valence-corrected chi connectivity index (χ3v) is 2.56. The van der Waals surface area contributed by atoms with Crippen LogP contribution in [0.25, 0.3) is 0 Å². The highest BCUT2D eigenvalue weighted by Gasteiger charge is 2.43. The van der Waals surface area contributed by atoms with Crippen molar-refractivity contribution >= 4 is 17.3 Å². The van der Waals surface area contributed by atoms with Crippen LogP contribution in [0.2, 0.25) is 0 Å². The van der Waals surface area contributed by atoms with E-state index in [4.69, 9.17) is 0 Å². The number of carbonyl (C=O) groups is 1. The molecule has 2 rings (SSSR count). The molecule has 0 aliphatic carbocycles. The average molecular weight is 244 g/mol. The third kappa shape index (κ3) is 2.35. The van der Waals surface area contributed by atoms with Crippen LogP contribution < -0.4 is 10.2 Å². The summed E-state index contributed by atoms with van der Waals surface area (Å²) in [7, 11) is 0. The molecule has 0 aromatic heterocycles. The van der Waals surface area contributed by atoms with E-state index in [0.717, 1.165) is 4.90 Å². The molecular formula is C11H11F3N2O. The molecule has 1 heterocycles. The molecule has 0 fully saturated rings. The number of anilines is 2. The van der Waals surface area contributed by atoms with Crippen LogP contribution in [0.1, 0.15) is 6.42 Å². The molecule has 0 spiro atoms. The SMILES string of the molecule is O=C(N1CCCNc2ccccc21)C(F)(F)F. The molecule has 1 amide bonds. The normalized spacial score (nSPS) is 15.8. The second-order valence-corrected chi connectivity index (χ2v) is 3.75. The quantitative estimate of drug-likeness (QED) is 0.760. The molecule has 0 saturated heterocycles. The van der Waals surface area contributed by atoms with Crippen LogP contribution in [-0.4, -0.2) is 25.2 Å². The Morgan fingerprint density at radius 1 is 1.29 bits per heavy atom. The summed E-state index contributed by atoms with van der Waals surface area (Å²) >= 11 is 0.